The highest BCUT2D eigenvalue weighted by molar-refractivity contribution is 7.15. The number of nitriles is 1. The van der Waals surface area contributed by atoms with Gasteiger partial charge in [-0.1, -0.05) is 12.1 Å². The Kier molecular flexibility index (Phi) is 6.69. The number of anilines is 1. The van der Waals surface area contributed by atoms with E-state index in [1.165, 1.54) is 6.20 Å². The number of aryl methyl sites for hydroxylation is 1. The number of nitrogens with zero attached hydrogens (tertiary/aromatic N) is 5. The van der Waals surface area contributed by atoms with Gasteiger partial charge in [0.1, 0.15) is 17.4 Å². The fourth-order valence-electron chi connectivity index (χ4n) is 5.38. The maximum Gasteiger partial charge on any atom is 0.410 e. The second-order valence-corrected chi connectivity index (χ2v) is 11.5. The number of nitrogens with one attached hydrogen (secondary N) is 1. The number of cyclic esters (lactones) is 1. The van der Waals surface area contributed by atoms with Crippen LogP contribution in [0.2, 0.25) is 0 Å². The Balaban J connectivity index is 1.42. The largest absolute Gasteiger partial charge is 0.447 e. The zero-order chi connectivity index (χ0) is 28.9. The lowest BCUT2D eigenvalue weighted by Crippen LogP contribution is -2.45. The molecule has 2 fully saturated rings. The molecule has 0 bridgehead atoms. The molecular formula is C29H26F2N6O3S. The molecule has 210 valence electrons. The summed E-state index contributed by atoms with van der Waals surface area (Å²) in [4.78, 5) is 36.3. The molecule has 12 heteroatoms. The van der Waals surface area contributed by atoms with Gasteiger partial charge in [0.25, 0.3) is 11.5 Å². The van der Waals surface area contributed by atoms with E-state index >= 15 is 0 Å². The fraction of sp³-hybridized carbons (Fsp3) is 0.345. The molecule has 0 radical (unpaired) electrons. The Hall–Kier alpha value is -4.37. The minimum atomic E-state index is -3.03. The van der Waals surface area contributed by atoms with Gasteiger partial charge in [0.2, 0.25) is 0 Å². The van der Waals surface area contributed by atoms with Crippen molar-refractivity contribution in [3.63, 3.8) is 0 Å². The van der Waals surface area contributed by atoms with Crippen molar-refractivity contribution in [3.8, 4) is 16.6 Å². The van der Waals surface area contributed by atoms with E-state index < -0.39 is 5.92 Å². The molecule has 2 aromatic heterocycles. The Morgan fingerprint density at radius 2 is 2.02 bits per heavy atom. The SMILES string of the molecule is Cc1nc2cc(-c3ncc(C(C)(F)F)s3)c(N[C@H]3CCN4C(=O)OC[C@@H]4C3)cc2c(=O)n1Cc1ccc(C#N)cc1. The van der Waals surface area contributed by atoms with Crippen molar-refractivity contribution in [2.75, 3.05) is 18.5 Å². The van der Waals surface area contributed by atoms with E-state index in [9.17, 15) is 18.4 Å². The van der Waals surface area contributed by atoms with E-state index in [4.69, 9.17) is 15.0 Å². The van der Waals surface area contributed by atoms with Gasteiger partial charge in [-0.05, 0) is 49.6 Å². The number of ether oxygens (including phenoxy) is 1. The van der Waals surface area contributed by atoms with Crippen LogP contribution in [-0.2, 0) is 17.2 Å². The number of thiazole rings is 1. The molecule has 0 saturated carbocycles. The third kappa shape index (κ3) is 5.13. The van der Waals surface area contributed by atoms with E-state index in [1.807, 2.05) is 0 Å². The minimum Gasteiger partial charge on any atom is -0.447 e. The van der Waals surface area contributed by atoms with Crippen LogP contribution in [0.4, 0.5) is 19.3 Å². The Morgan fingerprint density at radius 1 is 1.24 bits per heavy atom. The van der Waals surface area contributed by atoms with E-state index in [0.717, 1.165) is 23.8 Å². The Morgan fingerprint density at radius 3 is 2.73 bits per heavy atom. The summed E-state index contributed by atoms with van der Waals surface area (Å²) in [6, 6.07) is 12.5. The van der Waals surface area contributed by atoms with Crippen LogP contribution >= 0.6 is 11.3 Å². The van der Waals surface area contributed by atoms with E-state index in [-0.39, 0.29) is 35.2 Å². The first-order valence-electron chi connectivity index (χ1n) is 13.2. The first-order valence-corrected chi connectivity index (χ1v) is 14.0. The molecule has 0 aliphatic carbocycles. The number of aromatic nitrogens is 3. The predicted octanol–water partition coefficient (Wildman–Crippen LogP) is 5.26. The molecule has 0 spiro atoms. The highest BCUT2D eigenvalue weighted by Crippen LogP contribution is 2.39. The number of hydrogen-bond donors (Lipinski definition) is 1. The fourth-order valence-corrected chi connectivity index (χ4v) is 6.26. The van der Waals surface area contributed by atoms with Gasteiger partial charge in [-0.2, -0.15) is 5.26 Å². The monoisotopic (exact) mass is 576 g/mol. The van der Waals surface area contributed by atoms with Crippen molar-refractivity contribution in [2.24, 2.45) is 0 Å². The lowest BCUT2D eigenvalue weighted by molar-refractivity contribution is 0.0213. The van der Waals surface area contributed by atoms with Crippen molar-refractivity contribution in [1.82, 2.24) is 19.4 Å². The van der Waals surface area contributed by atoms with Crippen molar-refractivity contribution in [1.29, 1.82) is 5.26 Å². The van der Waals surface area contributed by atoms with Crippen LogP contribution < -0.4 is 10.9 Å². The van der Waals surface area contributed by atoms with Crippen LogP contribution in [0.5, 0.6) is 0 Å². The topological polar surface area (TPSA) is 113 Å². The number of benzene rings is 2. The lowest BCUT2D eigenvalue weighted by atomic mass is 9.97. The maximum atomic E-state index is 14.1. The zero-order valence-electron chi connectivity index (χ0n) is 22.4. The van der Waals surface area contributed by atoms with E-state index in [1.54, 1.807) is 52.8 Å². The summed E-state index contributed by atoms with van der Waals surface area (Å²) in [5.74, 6) is -2.53. The molecule has 2 aliphatic rings. The molecule has 0 unspecified atom stereocenters. The summed E-state index contributed by atoms with van der Waals surface area (Å²) in [7, 11) is 0. The van der Waals surface area contributed by atoms with Gasteiger partial charge in [0, 0.05) is 37.0 Å². The summed E-state index contributed by atoms with van der Waals surface area (Å²) in [6.45, 7) is 3.72. The molecule has 41 heavy (non-hydrogen) atoms. The minimum absolute atomic E-state index is 0.0340. The highest BCUT2D eigenvalue weighted by Gasteiger charge is 2.38. The van der Waals surface area contributed by atoms with Crippen LogP contribution in [0.3, 0.4) is 0 Å². The number of alkyl halides is 2. The number of hydrogen-bond acceptors (Lipinski definition) is 8. The van der Waals surface area contributed by atoms with Crippen molar-refractivity contribution in [3.05, 3.63) is 74.8 Å². The molecule has 4 heterocycles. The van der Waals surface area contributed by atoms with Crippen LogP contribution in [-0.4, -0.2) is 50.8 Å². The first kappa shape index (κ1) is 26.8. The third-order valence-electron chi connectivity index (χ3n) is 7.59. The molecule has 2 saturated heterocycles. The van der Waals surface area contributed by atoms with Gasteiger partial charge in [-0.25, -0.2) is 23.5 Å². The molecule has 9 nitrogen and oxygen atoms in total. The second kappa shape index (κ2) is 10.2. The second-order valence-electron chi connectivity index (χ2n) is 10.5. The molecule has 4 aromatic rings. The number of piperidine rings is 1. The van der Waals surface area contributed by atoms with Crippen LogP contribution in [0.15, 0.2) is 47.4 Å². The van der Waals surface area contributed by atoms with Gasteiger partial charge in [0.05, 0.1) is 40.0 Å². The standard InChI is InChI=1S/C29H26F2N6O3S/c1-16-34-24-10-21(26-33-13-25(41-26)29(2,30)31)23(35-19-7-8-36-20(9-19)15-40-28(36)39)11-22(24)27(38)37(16)14-18-5-3-17(12-32)4-6-18/h3-6,10-11,13,19-20,35H,7-9,14-15H2,1-2H3/t19-,20-/m0/s1. The molecule has 2 atom stereocenters. The summed E-state index contributed by atoms with van der Waals surface area (Å²) < 4.78 is 34.9. The van der Waals surface area contributed by atoms with E-state index in [0.29, 0.717) is 64.5 Å². The third-order valence-corrected chi connectivity index (χ3v) is 8.79. The molecular weight excluding hydrogens is 550 g/mol. The summed E-state index contributed by atoms with van der Waals surface area (Å²) >= 11 is 0.902. The lowest BCUT2D eigenvalue weighted by Gasteiger charge is -2.33. The number of rotatable bonds is 6. The molecule has 2 aromatic carbocycles. The molecule has 6 rings (SSSR count). The highest BCUT2D eigenvalue weighted by atomic mass is 32.1. The van der Waals surface area contributed by atoms with Gasteiger partial charge in [0.15, 0.2) is 0 Å². The predicted molar refractivity (Wildman–Crippen MR) is 150 cm³/mol. The summed E-state index contributed by atoms with van der Waals surface area (Å²) in [5, 5.41) is 13.4. The van der Waals surface area contributed by atoms with Crippen molar-refractivity contribution in [2.45, 2.75) is 51.2 Å². The molecule has 2 aliphatic heterocycles. The van der Waals surface area contributed by atoms with Gasteiger partial charge >= 0.3 is 6.09 Å². The molecule has 1 N–H and O–H groups in total. The number of amides is 1. The van der Waals surface area contributed by atoms with Crippen molar-refractivity contribution >= 4 is 34.0 Å². The Bertz CT molecular complexity index is 1760. The van der Waals surface area contributed by atoms with Gasteiger partial charge < -0.3 is 15.0 Å². The van der Waals surface area contributed by atoms with Crippen molar-refractivity contribution < 1.29 is 18.3 Å². The van der Waals surface area contributed by atoms with E-state index in [2.05, 4.69) is 16.4 Å². The number of carbonyl (C=O) groups is 1. The maximum absolute atomic E-state index is 14.1. The number of fused-ring (bicyclic) bond motifs is 2. The first-order chi connectivity index (χ1) is 19.6. The zero-order valence-corrected chi connectivity index (χ0v) is 23.2. The number of halogens is 2. The van der Waals surface area contributed by atoms with Crippen LogP contribution in [0.25, 0.3) is 21.5 Å². The van der Waals surface area contributed by atoms with Crippen LogP contribution in [0, 0.1) is 18.3 Å². The average molecular weight is 577 g/mol. The summed E-state index contributed by atoms with van der Waals surface area (Å²) in [5.41, 5.74) is 2.75. The molecule has 1 amide bonds. The van der Waals surface area contributed by atoms with Crippen LogP contribution in [0.1, 0.15) is 41.6 Å². The smallest absolute Gasteiger partial charge is 0.410 e. The van der Waals surface area contributed by atoms with Gasteiger partial charge in [-0.3, -0.25) is 9.36 Å². The normalized spacial score (nSPS) is 18.7. The number of carbonyl (C=O) groups excluding carboxylic acids is 1. The van der Waals surface area contributed by atoms with Gasteiger partial charge in [-0.15, -0.1) is 11.3 Å². The average Bonchev–Trinajstić information content (AvgIpc) is 3.59. The Labute approximate surface area is 238 Å². The summed E-state index contributed by atoms with van der Waals surface area (Å²) in [6.07, 6.45) is 2.19. The quantitative estimate of drug-likeness (QED) is 0.333.